The van der Waals surface area contributed by atoms with Gasteiger partial charge in [0.05, 0.1) is 16.1 Å². The average Bonchev–Trinajstić information content (AvgIpc) is 3.09. The fourth-order valence-corrected chi connectivity index (χ4v) is 3.73. The maximum atomic E-state index is 6.06. The second-order valence-electron chi connectivity index (χ2n) is 5.21. The molecule has 3 nitrogen and oxygen atoms in total. The lowest BCUT2D eigenvalue weighted by atomic mass is 10.1. The lowest BCUT2D eigenvalue weighted by molar-refractivity contribution is 0.423. The normalized spacial score (nSPS) is 13.0. The molecule has 0 bridgehead atoms. The molecule has 21 heavy (non-hydrogen) atoms. The van der Waals surface area contributed by atoms with Gasteiger partial charge in [0.15, 0.2) is 0 Å². The molecular weight excluding hydrogens is 302 g/mol. The summed E-state index contributed by atoms with van der Waals surface area (Å²) in [5.41, 5.74) is 1.14. The Morgan fingerprint density at radius 1 is 1.24 bits per heavy atom. The van der Waals surface area contributed by atoms with Crippen LogP contribution in [0.5, 0.6) is 0 Å². The third-order valence-corrected chi connectivity index (χ3v) is 5.13. The van der Waals surface area contributed by atoms with Crippen molar-refractivity contribution in [3.8, 4) is 0 Å². The molecule has 116 valence electrons. The first-order valence-electron chi connectivity index (χ1n) is 7.70. The van der Waals surface area contributed by atoms with Crippen LogP contribution in [0.1, 0.15) is 56.3 Å². The van der Waals surface area contributed by atoms with Gasteiger partial charge in [-0.2, -0.15) is 5.10 Å². The van der Waals surface area contributed by atoms with E-state index in [0.717, 1.165) is 35.8 Å². The van der Waals surface area contributed by atoms with Crippen molar-refractivity contribution in [2.45, 2.75) is 52.1 Å². The van der Waals surface area contributed by atoms with Crippen LogP contribution in [0.25, 0.3) is 0 Å². The quantitative estimate of drug-likeness (QED) is 0.751. The Labute approximate surface area is 136 Å². The molecule has 2 aromatic heterocycles. The van der Waals surface area contributed by atoms with Crippen LogP contribution in [0, 0.1) is 0 Å². The highest BCUT2D eigenvalue weighted by atomic mass is 35.5. The summed E-state index contributed by atoms with van der Waals surface area (Å²) in [4.78, 5) is 1.28. The largest absolute Gasteiger partial charge is 0.309 e. The molecule has 2 aromatic rings. The topological polar surface area (TPSA) is 29.9 Å². The Morgan fingerprint density at radius 3 is 2.57 bits per heavy atom. The number of likely N-dealkylation sites (N-methyl/N-ethyl adjacent to an activating group) is 1. The van der Waals surface area contributed by atoms with Crippen molar-refractivity contribution < 1.29 is 0 Å². The van der Waals surface area contributed by atoms with Gasteiger partial charge in [-0.3, -0.25) is 4.68 Å². The van der Waals surface area contributed by atoms with Crippen LogP contribution in [-0.2, 0) is 6.42 Å². The van der Waals surface area contributed by atoms with E-state index in [-0.39, 0.29) is 6.04 Å². The molecule has 2 rings (SSSR count). The summed E-state index contributed by atoms with van der Waals surface area (Å²) < 4.78 is 2.95. The van der Waals surface area contributed by atoms with Gasteiger partial charge >= 0.3 is 0 Å². The molecule has 0 aliphatic rings. The fraction of sp³-hybridized carbons (Fsp3) is 0.562. The minimum absolute atomic E-state index is 0.289. The van der Waals surface area contributed by atoms with Gasteiger partial charge in [-0.15, -0.1) is 11.3 Å². The second kappa shape index (κ2) is 7.97. The first-order valence-corrected chi connectivity index (χ1v) is 8.89. The number of rotatable bonds is 8. The monoisotopic (exact) mass is 325 g/mol. The van der Waals surface area contributed by atoms with E-state index in [1.165, 1.54) is 4.88 Å². The summed E-state index contributed by atoms with van der Waals surface area (Å²) in [7, 11) is 0. The number of halogens is 1. The van der Waals surface area contributed by atoms with E-state index >= 15 is 0 Å². The van der Waals surface area contributed by atoms with E-state index in [9.17, 15) is 0 Å². The highest BCUT2D eigenvalue weighted by molar-refractivity contribution is 7.16. The van der Waals surface area contributed by atoms with Gasteiger partial charge in [0.1, 0.15) is 0 Å². The molecule has 0 aromatic carbocycles. The number of hydrogen-bond acceptors (Lipinski definition) is 3. The Morgan fingerprint density at radius 2 is 2.00 bits per heavy atom. The van der Waals surface area contributed by atoms with Gasteiger partial charge in [-0.25, -0.2) is 0 Å². The van der Waals surface area contributed by atoms with Crippen LogP contribution in [-0.4, -0.2) is 16.3 Å². The Kier molecular flexibility index (Phi) is 6.27. The summed E-state index contributed by atoms with van der Waals surface area (Å²) in [6.07, 6.45) is 5.25. The standard InChI is InChI=1S/C16H24ClN3S/c1-4-13(5-2)20-10-9-12(19-20)11-14(18-6-3)15-7-8-16(17)21-15/h7-10,13-14,18H,4-6,11H2,1-3H3. The third kappa shape index (κ3) is 4.31. The summed E-state index contributed by atoms with van der Waals surface area (Å²) in [6, 6.07) is 7.01. The van der Waals surface area contributed by atoms with E-state index in [4.69, 9.17) is 16.7 Å². The zero-order valence-electron chi connectivity index (χ0n) is 13.0. The van der Waals surface area contributed by atoms with Crippen molar-refractivity contribution in [3.05, 3.63) is 39.3 Å². The minimum atomic E-state index is 0.289. The average molecular weight is 326 g/mol. The van der Waals surface area contributed by atoms with Crippen LogP contribution in [0.15, 0.2) is 24.4 Å². The number of hydrogen-bond donors (Lipinski definition) is 1. The van der Waals surface area contributed by atoms with Gasteiger partial charge in [0.2, 0.25) is 0 Å². The molecule has 0 aliphatic heterocycles. The Hall–Kier alpha value is -0.840. The lowest BCUT2D eigenvalue weighted by Gasteiger charge is -2.16. The molecule has 0 aliphatic carbocycles. The van der Waals surface area contributed by atoms with Gasteiger partial charge in [0.25, 0.3) is 0 Å². The molecular formula is C16H24ClN3S. The van der Waals surface area contributed by atoms with Gasteiger partial charge in [0, 0.05) is 23.5 Å². The molecule has 0 radical (unpaired) electrons. The summed E-state index contributed by atoms with van der Waals surface area (Å²) in [6.45, 7) is 7.49. The van der Waals surface area contributed by atoms with E-state index in [1.54, 1.807) is 11.3 Å². The van der Waals surface area contributed by atoms with Crippen LogP contribution in [0.3, 0.4) is 0 Å². The van der Waals surface area contributed by atoms with Crippen LogP contribution < -0.4 is 5.32 Å². The zero-order valence-corrected chi connectivity index (χ0v) is 14.5. The number of aromatic nitrogens is 2. The third-order valence-electron chi connectivity index (χ3n) is 3.78. The number of thiophene rings is 1. The highest BCUT2D eigenvalue weighted by Gasteiger charge is 2.16. The first kappa shape index (κ1) is 16.5. The first-order chi connectivity index (χ1) is 10.2. The molecule has 0 saturated heterocycles. The molecule has 0 saturated carbocycles. The maximum Gasteiger partial charge on any atom is 0.0931 e. The predicted molar refractivity (Wildman–Crippen MR) is 91.3 cm³/mol. The van der Waals surface area contributed by atoms with E-state index < -0.39 is 0 Å². The van der Waals surface area contributed by atoms with Crippen molar-refractivity contribution in [3.63, 3.8) is 0 Å². The SMILES string of the molecule is CCNC(Cc1ccn(C(CC)CC)n1)c1ccc(Cl)s1. The molecule has 1 atom stereocenters. The molecule has 1 N–H and O–H groups in total. The van der Waals surface area contributed by atoms with Gasteiger partial charge in [-0.1, -0.05) is 32.4 Å². The van der Waals surface area contributed by atoms with Crippen molar-refractivity contribution >= 4 is 22.9 Å². The molecule has 1 unspecified atom stereocenters. The Bertz CT molecular complexity index is 545. The zero-order chi connectivity index (χ0) is 15.2. The second-order valence-corrected chi connectivity index (χ2v) is 6.96. The van der Waals surface area contributed by atoms with Crippen molar-refractivity contribution in [1.82, 2.24) is 15.1 Å². The summed E-state index contributed by atoms with van der Waals surface area (Å²) in [5.74, 6) is 0. The molecule has 5 heteroatoms. The van der Waals surface area contributed by atoms with E-state index in [1.807, 2.05) is 6.07 Å². The van der Waals surface area contributed by atoms with Crippen LogP contribution >= 0.6 is 22.9 Å². The highest BCUT2D eigenvalue weighted by Crippen LogP contribution is 2.29. The molecule has 0 fully saturated rings. The van der Waals surface area contributed by atoms with E-state index in [0.29, 0.717) is 6.04 Å². The summed E-state index contributed by atoms with van der Waals surface area (Å²) >= 11 is 7.71. The minimum Gasteiger partial charge on any atom is -0.309 e. The van der Waals surface area contributed by atoms with Crippen molar-refractivity contribution in [2.24, 2.45) is 0 Å². The molecule has 0 amide bonds. The molecule has 2 heterocycles. The van der Waals surface area contributed by atoms with Crippen molar-refractivity contribution in [1.29, 1.82) is 0 Å². The molecule has 0 spiro atoms. The number of nitrogens with one attached hydrogen (secondary N) is 1. The maximum absolute atomic E-state index is 6.06. The van der Waals surface area contributed by atoms with E-state index in [2.05, 4.69) is 49.1 Å². The number of nitrogens with zero attached hydrogens (tertiary/aromatic N) is 2. The summed E-state index contributed by atoms with van der Waals surface area (Å²) in [5, 5.41) is 8.28. The smallest absolute Gasteiger partial charge is 0.0931 e. The Balaban J connectivity index is 2.10. The van der Waals surface area contributed by atoms with Crippen LogP contribution in [0.4, 0.5) is 0 Å². The predicted octanol–water partition coefficient (Wildman–Crippen LogP) is 4.85. The van der Waals surface area contributed by atoms with Crippen molar-refractivity contribution in [2.75, 3.05) is 6.54 Å². The van der Waals surface area contributed by atoms with Crippen LogP contribution in [0.2, 0.25) is 4.34 Å². The van der Waals surface area contributed by atoms with Gasteiger partial charge in [-0.05, 0) is 37.6 Å². The lowest BCUT2D eigenvalue weighted by Crippen LogP contribution is -2.22. The fourth-order valence-electron chi connectivity index (χ4n) is 2.60. The van der Waals surface area contributed by atoms with Gasteiger partial charge < -0.3 is 5.32 Å².